The van der Waals surface area contributed by atoms with E-state index in [1.54, 1.807) is 12.1 Å². The number of hydrogen-bond donors (Lipinski definition) is 1. The van der Waals surface area contributed by atoms with Crippen LogP contribution < -0.4 is 0 Å². The average Bonchev–Trinajstić information content (AvgIpc) is 2.27. The lowest BCUT2D eigenvalue weighted by atomic mass is 10.0. The van der Waals surface area contributed by atoms with Gasteiger partial charge in [-0.25, -0.2) is 8.78 Å². The summed E-state index contributed by atoms with van der Waals surface area (Å²) in [5.41, 5.74) is 0.378. The van der Waals surface area contributed by atoms with Gasteiger partial charge >= 0.3 is 0 Å². The number of phenolic OH excluding ortho intramolecular Hbond substituents is 1. The summed E-state index contributed by atoms with van der Waals surface area (Å²) in [5, 5.41) is 9.50. The van der Waals surface area contributed by atoms with Crippen molar-refractivity contribution >= 4 is 5.78 Å². The van der Waals surface area contributed by atoms with Crippen LogP contribution in [0, 0.1) is 11.6 Å². The first-order valence-electron chi connectivity index (χ1n) is 5.32. The molecule has 0 bridgehead atoms. The quantitative estimate of drug-likeness (QED) is 0.847. The molecule has 0 unspecified atom stereocenters. The van der Waals surface area contributed by atoms with E-state index in [0.717, 1.165) is 18.2 Å². The summed E-state index contributed by atoms with van der Waals surface area (Å²) in [6.45, 7) is 0. The number of phenols is 1. The summed E-state index contributed by atoms with van der Waals surface area (Å²) in [6.07, 6.45) is -0.160. The average molecular weight is 248 g/mol. The fourth-order valence-corrected chi connectivity index (χ4v) is 1.70. The Bertz CT molecular complexity index is 574. The van der Waals surface area contributed by atoms with Gasteiger partial charge in [-0.15, -0.1) is 0 Å². The second-order valence-corrected chi connectivity index (χ2v) is 3.89. The van der Waals surface area contributed by atoms with Gasteiger partial charge in [0.15, 0.2) is 5.78 Å². The van der Waals surface area contributed by atoms with Gasteiger partial charge in [-0.05, 0) is 29.8 Å². The summed E-state index contributed by atoms with van der Waals surface area (Å²) in [6, 6.07) is 9.00. The first-order valence-corrected chi connectivity index (χ1v) is 5.32. The Kier molecular flexibility index (Phi) is 3.37. The molecule has 0 aliphatic heterocycles. The second kappa shape index (κ2) is 4.96. The minimum Gasteiger partial charge on any atom is -0.507 e. The van der Waals surface area contributed by atoms with Crippen LogP contribution >= 0.6 is 0 Å². The van der Waals surface area contributed by atoms with Crippen LogP contribution in [0.5, 0.6) is 5.75 Å². The van der Waals surface area contributed by atoms with Crippen LogP contribution in [0.3, 0.4) is 0 Å². The second-order valence-electron chi connectivity index (χ2n) is 3.89. The van der Waals surface area contributed by atoms with E-state index in [9.17, 15) is 18.7 Å². The third kappa shape index (κ3) is 2.71. The fraction of sp³-hybridized carbons (Fsp3) is 0.0714. The number of carbonyl (C=O) groups excluding carboxylic acids is 1. The Balaban J connectivity index is 2.24. The number of hydrogen-bond acceptors (Lipinski definition) is 2. The van der Waals surface area contributed by atoms with Crippen LogP contribution in [-0.4, -0.2) is 10.9 Å². The van der Waals surface area contributed by atoms with Crippen molar-refractivity contribution in [2.75, 3.05) is 0 Å². The summed E-state index contributed by atoms with van der Waals surface area (Å²) >= 11 is 0. The molecule has 0 saturated carbocycles. The normalized spacial score (nSPS) is 10.3. The van der Waals surface area contributed by atoms with E-state index in [2.05, 4.69) is 0 Å². The molecule has 0 atom stereocenters. The van der Waals surface area contributed by atoms with Crippen LogP contribution in [0.15, 0.2) is 42.5 Å². The Morgan fingerprint density at radius 3 is 2.28 bits per heavy atom. The molecule has 0 aliphatic carbocycles. The zero-order valence-corrected chi connectivity index (χ0v) is 9.36. The monoisotopic (exact) mass is 248 g/mol. The standard InChI is InChI=1S/C14H10F2O2/c15-10-5-9(6-11(16)8-10)7-14(18)12-3-1-2-4-13(12)17/h1-6,8,17H,7H2. The van der Waals surface area contributed by atoms with Gasteiger partial charge in [0, 0.05) is 12.5 Å². The number of carbonyl (C=O) groups is 1. The van der Waals surface area contributed by atoms with Crippen molar-refractivity contribution in [3.8, 4) is 5.75 Å². The van der Waals surface area contributed by atoms with Crippen molar-refractivity contribution in [2.24, 2.45) is 0 Å². The zero-order chi connectivity index (χ0) is 13.1. The van der Waals surface area contributed by atoms with Gasteiger partial charge in [0.05, 0.1) is 5.56 Å². The molecule has 2 nitrogen and oxygen atoms in total. The molecule has 0 amide bonds. The van der Waals surface area contributed by atoms with Gasteiger partial charge in [-0.2, -0.15) is 0 Å². The Morgan fingerprint density at radius 1 is 1.06 bits per heavy atom. The molecule has 2 aromatic carbocycles. The molecule has 0 saturated heterocycles. The highest BCUT2D eigenvalue weighted by atomic mass is 19.1. The lowest BCUT2D eigenvalue weighted by Crippen LogP contribution is -2.04. The van der Waals surface area contributed by atoms with Crippen LogP contribution in [0.2, 0.25) is 0 Å². The van der Waals surface area contributed by atoms with Gasteiger partial charge in [-0.3, -0.25) is 4.79 Å². The maximum atomic E-state index is 13.0. The first kappa shape index (κ1) is 12.2. The van der Waals surface area contributed by atoms with E-state index < -0.39 is 17.4 Å². The van der Waals surface area contributed by atoms with Gasteiger partial charge in [0.2, 0.25) is 0 Å². The Labute approximate surface area is 103 Å². The minimum absolute atomic E-state index is 0.139. The van der Waals surface area contributed by atoms with Crippen molar-refractivity contribution in [1.29, 1.82) is 0 Å². The predicted octanol–water partition coefficient (Wildman–Crippen LogP) is 3.10. The molecule has 2 aromatic rings. The summed E-state index contributed by atoms with van der Waals surface area (Å²) in [7, 11) is 0. The summed E-state index contributed by atoms with van der Waals surface area (Å²) in [5.74, 6) is -1.98. The van der Waals surface area contributed by atoms with E-state index in [0.29, 0.717) is 0 Å². The SMILES string of the molecule is O=C(Cc1cc(F)cc(F)c1)c1ccccc1O. The Morgan fingerprint density at radius 2 is 1.67 bits per heavy atom. The molecule has 0 radical (unpaired) electrons. The van der Waals surface area contributed by atoms with Gasteiger partial charge in [0.25, 0.3) is 0 Å². The Hall–Kier alpha value is -2.23. The zero-order valence-electron chi connectivity index (χ0n) is 9.36. The number of halogens is 2. The van der Waals surface area contributed by atoms with Crippen LogP contribution in [0.1, 0.15) is 15.9 Å². The van der Waals surface area contributed by atoms with E-state index in [1.807, 2.05) is 0 Å². The van der Waals surface area contributed by atoms with Gasteiger partial charge in [0.1, 0.15) is 17.4 Å². The van der Waals surface area contributed by atoms with Crippen molar-refractivity contribution in [1.82, 2.24) is 0 Å². The number of aromatic hydroxyl groups is 1. The number of ketones is 1. The third-order valence-corrected chi connectivity index (χ3v) is 2.49. The molecule has 0 aliphatic rings. The predicted molar refractivity (Wildman–Crippen MR) is 62.5 cm³/mol. The minimum atomic E-state index is -0.727. The van der Waals surface area contributed by atoms with Crippen LogP contribution in [-0.2, 0) is 6.42 Å². The maximum absolute atomic E-state index is 13.0. The van der Waals surface area contributed by atoms with E-state index in [4.69, 9.17) is 0 Å². The van der Waals surface area contributed by atoms with Crippen molar-refractivity contribution < 1.29 is 18.7 Å². The molecule has 18 heavy (non-hydrogen) atoms. The van der Waals surface area contributed by atoms with Crippen molar-refractivity contribution in [2.45, 2.75) is 6.42 Å². The van der Waals surface area contributed by atoms with E-state index in [-0.39, 0.29) is 23.3 Å². The topological polar surface area (TPSA) is 37.3 Å². The molecule has 0 heterocycles. The van der Waals surface area contributed by atoms with E-state index in [1.165, 1.54) is 12.1 Å². The molecule has 1 N–H and O–H groups in total. The molecule has 2 rings (SSSR count). The highest BCUT2D eigenvalue weighted by Gasteiger charge is 2.12. The molecule has 4 heteroatoms. The third-order valence-electron chi connectivity index (χ3n) is 2.49. The lowest BCUT2D eigenvalue weighted by Gasteiger charge is -2.04. The molecular weight excluding hydrogens is 238 g/mol. The highest BCUT2D eigenvalue weighted by molar-refractivity contribution is 5.99. The highest BCUT2D eigenvalue weighted by Crippen LogP contribution is 2.18. The maximum Gasteiger partial charge on any atom is 0.170 e. The number of rotatable bonds is 3. The largest absolute Gasteiger partial charge is 0.507 e. The van der Waals surface area contributed by atoms with Crippen molar-refractivity contribution in [3.05, 3.63) is 65.2 Å². The molecule has 0 fully saturated rings. The number of para-hydroxylation sites is 1. The first-order chi connectivity index (χ1) is 8.56. The fourth-order valence-electron chi connectivity index (χ4n) is 1.70. The summed E-state index contributed by atoms with van der Waals surface area (Å²) < 4.78 is 25.9. The molecule has 0 aromatic heterocycles. The molecular formula is C14H10F2O2. The number of benzene rings is 2. The molecule has 92 valence electrons. The van der Waals surface area contributed by atoms with Crippen LogP contribution in [0.4, 0.5) is 8.78 Å². The number of Topliss-reactive ketones (excluding diaryl/α,β-unsaturated/α-hetero) is 1. The van der Waals surface area contributed by atoms with Gasteiger partial charge < -0.3 is 5.11 Å². The smallest absolute Gasteiger partial charge is 0.170 e. The van der Waals surface area contributed by atoms with Crippen LogP contribution in [0.25, 0.3) is 0 Å². The van der Waals surface area contributed by atoms with Crippen molar-refractivity contribution in [3.63, 3.8) is 0 Å². The van der Waals surface area contributed by atoms with E-state index >= 15 is 0 Å². The lowest BCUT2D eigenvalue weighted by molar-refractivity contribution is 0.0990. The molecule has 0 spiro atoms. The summed E-state index contributed by atoms with van der Waals surface area (Å²) in [4.78, 5) is 11.9. The van der Waals surface area contributed by atoms with Gasteiger partial charge in [-0.1, -0.05) is 12.1 Å².